The van der Waals surface area contributed by atoms with Crippen LogP contribution in [0.2, 0.25) is 0 Å². The van der Waals surface area contributed by atoms with Gasteiger partial charge in [0.1, 0.15) is 35.9 Å². The first-order valence-electron chi connectivity index (χ1n) is 23.5. The number of hydrogen-bond donors (Lipinski definition) is 0. The molecule has 0 spiro atoms. The van der Waals surface area contributed by atoms with Crippen molar-refractivity contribution in [2.45, 2.75) is 153 Å². The Balaban J connectivity index is 1.13. The highest BCUT2D eigenvalue weighted by atomic mass is 19.1. The molecule has 0 radical (unpaired) electrons. The van der Waals surface area contributed by atoms with Crippen molar-refractivity contribution in [3.05, 3.63) is 54.0 Å². The van der Waals surface area contributed by atoms with Gasteiger partial charge in [-0.1, -0.05) is 31.2 Å². The molecule has 14 nitrogen and oxygen atoms in total. The number of rotatable bonds is 11. The summed E-state index contributed by atoms with van der Waals surface area (Å²) in [6.07, 6.45) is 8.50. The number of likely N-dealkylation sites (N-methyl/N-ethyl adjacent to an activating group) is 1. The third-order valence-corrected chi connectivity index (χ3v) is 15.3. The Hall–Kier alpha value is -3.41. The van der Waals surface area contributed by atoms with Crippen LogP contribution in [0.1, 0.15) is 85.5 Å². The second kappa shape index (κ2) is 20.2. The van der Waals surface area contributed by atoms with Gasteiger partial charge in [-0.05, 0) is 127 Å². The lowest BCUT2D eigenvalue weighted by Gasteiger charge is -2.44. The molecule has 1 aromatic carbocycles. The molecule has 0 N–H and O–H groups in total. The van der Waals surface area contributed by atoms with Gasteiger partial charge in [0.25, 0.3) is 0 Å². The first kappa shape index (κ1) is 47.1. The Morgan fingerprint density at radius 1 is 0.844 bits per heavy atom. The number of ether oxygens (including phenoxy) is 8. The van der Waals surface area contributed by atoms with Gasteiger partial charge in [-0.2, -0.15) is 0 Å². The zero-order valence-corrected chi connectivity index (χ0v) is 39.0. The molecule has 6 unspecified atom stereocenters. The fourth-order valence-electron chi connectivity index (χ4n) is 11.9. The number of carbonyl (C=O) groups is 2. The topological polar surface area (TPSA) is 142 Å². The molecule has 352 valence electrons. The smallest absolute Gasteiger partial charge is 0.306 e. The van der Waals surface area contributed by atoms with Crippen molar-refractivity contribution < 1.29 is 51.9 Å². The predicted molar refractivity (Wildman–Crippen MR) is 235 cm³/mol. The third kappa shape index (κ3) is 9.56. The SMILES string of the molecule is CC[C@H]1CCC[C@H](O[C@H]2CC[C@H](N(C)C)C(C)O2)[C@@H](C)C(=O)C2=C[C@@H]3[C@@H](C=C(n4cc(-c5ccc(F)cc5)nn4)[C@@H]4C[C@@H](OC5OC(C)C(OC)C(OC)C5OC)C[C@@H]34)[C@@H]2CC(=O)O1. The van der Waals surface area contributed by atoms with Crippen LogP contribution in [-0.4, -0.2) is 135 Å². The molecule has 3 aliphatic heterocycles. The zero-order chi connectivity index (χ0) is 45.4. The van der Waals surface area contributed by atoms with E-state index in [0.29, 0.717) is 49.4 Å². The molecule has 15 heteroatoms. The number of esters is 1. The number of ketones is 1. The van der Waals surface area contributed by atoms with Crippen molar-refractivity contribution in [3.63, 3.8) is 0 Å². The Morgan fingerprint density at radius 2 is 1.59 bits per heavy atom. The molecule has 17 atom stereocenters. The average molecular weight is 893 g/mol. The van der Waals surface area contributed by atoms with E-state index in [-0.39, 0.29) is 84.3 Å². The molecule has 3 saturated heterocycles. The number of aromatic nitrogens is 3. The number of nitrogens with zero attached hydrogens (tertiary/aromatic N) is 4. The van der Waals surface area contributed by atoms with Gasteiger partial charge in [0.15, 0.2) is 18.4 Å². The number of carbonyl (C=O) groups excluding carboxylic acids is 2. The van der Waals surface area contributed by atoms with Crippen LogP contribution in [0.3, 0.4) is 0 Å². The summed E-state index contributed by atoms with van der Waals surface area (Å²) in [6.45, 7) is 8.07. The van der Waals surface area contributed by atoms with Crippen LogP contribution in [0.25, 0.3) is 17.0 Å². The Bertz CT molecular complexity index is 1990. The van der Waals surface area contributed by atoms with Crippen molar-refractivity contribution >= 4 is 17.4 Å². The van der Waals surface area contributed by atoms with Crippen LogP contribution >= 0.6 is 0 Å². The lowest BCUT2D eigenvalue weighted by atomic mass is 9.69. The van der Waals surface area contributed by atoms with Gasteiger partial charge in [-0.3, -0.25) is 9.59 Å². The molecule has 1 saturated carbocycles. The number of allylic oxidation sites excluding steroid dienone is 4. The van der Waals surface area contributed by atoms with Crippen LogP contribution in [0.15, 0.2) is 48.2 Å². The standard InChI is InChI=1S/C49H69FN4O10/c1-10-31-12-11-13-42(64-44-19-18-40(53(5)6)27(3)60-44)26(2)45(56)38-22-34-33-20-32(63-49-48(59-9)47(58-8)46(57-7)28(4)61-49)21-37(33)41(23-35(34)36(38)24-43(55)62-31)54-25-39(51-52-54)29-14-16-30(50)17-15-29/h14-17,22-23,25-28,31-37,40,42,44,46-49H,10-13,18-21,24H2,1-9H3/t26-,27?,28?,31+,32+,33+,34+,35-,36+,37-,40+,42+,44+,46?,47?,48?,49?/m1/s1. The minimum absolute atomic E-state index is 0.00215. The molecule has 4 heterocycles. The monoisotopic (exact) mass is 892 g/mol. The molecule has 6 aliphatic rings. The van der Waals surface area contributed by atoms with E-state index in [4.69, 9.17) is 37.9 Å². The van der Waals surface area contributed by atoms with E-state index in [1.165, 1.54) is 12.1 Å². The van der Waals surface area contributed by atoms with Gasteiger partial charge in [0.05, 0.1) is 37.0 Å². The summed E-state index contributed by atoms with van der Waals surface area (Å²) in [5.74, 6) is -1.83. The summed E-state index contributed by atoms with van der Waals surface area (Å²) in [4.78, 5) is 31.3. The van der Waals surface area contributed by atoms with E-state index in [0.717, 1.165) is 30.5 Å². The van der Waals surface area contributed by atoms with Crippen molar-refractivity contribution in [2.24, 2.45) is 35.5 Å². The number of benzene rings is 1. The molecule has 0 bridgehead atoms. The maximum absolute atomic E-state index is 15.1. The molecule has 0 amide bonds. The lowest BCUT2D eigenvalue weighted by Crippen LogP contribution is -2.59. The van der Waals surface area contributed by atoms with Crippen molar-refractivity contribution in [2.75, 3.05) is 35.4 Å². The lowest BCUT2D eigenvalue weighted by molar-refractivity contribution is -0.314. The second-order valence-electron chi connectivity index (χ2n) is 19.2. The van der Waals surface area contributed by atoms with E-state index in [2.05, 4.69) is 48.4 Å². The number of Topliss-reactive ketones (excluding diaryl/α,β-unsaturated/α-hetero) is 1. The quantitative estimate of drug-likeness (QED) is 0.217. The van der Waals surface area contributed by atoms with E-state index >= 15 is 4.79 Å². The molecule has 1 aromatic heterocycles. The van der Waals surface area contributed by atoms with Crippen molar-refractivity contribution in [3.8, 4) is 11.3 Å². The summed E-state index contributed by atoms with van der Waals surface area (Å²) in [5, 5.41) is 9.18. The van der Waals surface area contributed by atoms with E-state index in [1.54, 1.807) is 33.5 Å². The third-order valence-electron chi connectivity index (χ3n) is 15.3. The Kier molecular flexibility index (Phi) is 14.9. The second-order valence-corrected chi connectivity index (χ2v) is 19.2. The highest BCUT2D eigenvalue weighted by Gasteiger charge is 2.55. The van der Waals surface area contributed by atoms with Crippen LogP contribution in [0, 0.1) is 41.3 Å². The summed E-state index contributed by atoms with van der Waals surface area (Å²) >= 11 is 0. The molecule has 4 fully saturated rings. The van der Waals surface area contributed by atoms with Crippen LogP contribution < -0.4 is 0 Å². The van der Waals surface area contributed by atoms with Gasteiger partial charge in [-0.15, -0.1) is 5.10 Å². The summed E-state index contributed by atoms with van der Waals surface area (Å²) in [6, 6.07) is 6.49. The fraction of sp³-hybridized carbons (Fsp3) is 0.714. The van der Waals surface area contributed by atoms with Gasteiger partial charge in [-0.25, -0.2) is 9.07 Å². The van der Waals surface area contributed by atoms with Crippen LogP contribution in [0.5, 0.6) is 0 Å². The minimum atomic E-state index is -0.719. The number of halogens is 1. The molecule has 3 aliphatic carbocycles. The van der Waals surface area contributed by atoms with Gasteiger partial charge in [0, 0.05) is 56.4 Å². The van der Waals surface area contributed by atoms with Gasteiger partial charge < -0.3 is 42.8 Å². The number of fused-ring (bicyclic) bond motifs is 5. The maximum Gasteiger partial charge on any atom is 0.306 e. The highest BCUT2D eigenvalue weighted by molar-refractivity contribution is 5.99. The predicted octanol–water partition coefficient (Wildman–Crippen LogP) is 6.87. The first-order valence-corrected chi connectivity index (χ1v) is 23.5. The molecular weight excluding hydrogens is 824 g/mol. The van der Waals surface area contributed by atoms with Crippen molar-refractivity contribution in [1.29, 1.82) is 0 Å². The Labute approximate surface area is 377 Å². The zero-order valence-electron chi connectivity index (χ0n) is 39.0. The van der Waals surface area contributed by atoms with E-state index in [1.807, 2.05) is 31.6 Å². The highest BCUT2D eigenvalue weighted by Crippen LogP contribution is 2.57. The average Bonchev–Trinajstić information content (AvgIpc) is 4.02. The Morgan fingerprint density at radius 3 is 2.28 bits per heavy atom. The largest absolute Gasteiger partial charge is 0.462 e. The van der Waals surface area contributed by atoms with E-state index < -0.39 is 36.6 Å². The van der Waals surface area contributed by atoms with Crippen molar-refractivity contribution in [1.82, 2.24) is 19.9 Å². The summed E-state index contributed by atoms with van der Waals surface area (Å²) < 4.78 is 66.1. The number of methoxy groups -OCH3 is 3. The van der Waals surface area contributed by atoms with Crippen LogP contribution in [-0.2, 0) is 47.5 Å². The minimum Gasteiger partial charge on any atom is -0.462 e. The summed E-state index contributed by atoms with van der Waals surface area (Å²) in [7, 11) is 9.05. The number of cyclic esters (lactones) is 1. The van der Waals surface area contributed by atoms with Crippen LogP contribution in [0.4, 0.5) is 4.39 Å². The molecule has 2 aromatic rings. The first-order chi connectivity index (χ1) is 30.8. The fourth-order valence-corrected chi connectivity index (χ4v) is 11.9. The molecular formula is C49H69FN4O10. The maximum atomic E-state index is 15.1. The number of hydrogen-bond acceptors (Lipinski definition) is 13. The van der Waals surface area contributed by atoms with Gasteiger partial charge in [0.2, 0.25) is 0 Å². The molecule has 8 rings (SSSR count). The van der Waals surface area contributed by atoms with Gasteiger partial charge >= 0.3 is 5.97 Å². The van der Waals surface area contributed by atoms with E-state index in [9.17, 15) is 9.18 Å². The summed E-state index contributed by atoms with van der Waals surface area (Å²) in [5.41, 5.74) is 2.93. The molecule has 64 heavy (non-hydrogen) atoms. The normalized spacial score (nSPS) is 39.5.